The number of rotatable bonds is 3. The highest BCUT2D eigenvalue weighted by Gasteiger charge is 2.25. The number of carbonyl (C=O) groups excluding carboxylic acids is 1. The zero-order valence-electron chi connectivity index (χ0n) is 17.6. The van der Waals surface area contributed by atoms with Crippen LogP contribution >= 0.6 is 0 Å². The molecule has 3 aromatic rings. The number of ether oxygens (including phenoxy) is 1. The highest BCUT2D eigenvalue weighted by atomic mass is 19.1. The molecule has 0 bridgehead atoms. The van der Waals surface area contributed by atoms with Gasteiger partial charge in [0.2, 0.25) is 0 Å². The van der Waals surface area contributed by atoms with Gasteiger partial charge in [-0.05, 0) is 49.6 Å². The number of nitrogens with zero attached hydrogens (tertiary/aromatic N) is 3. The van der Waals surface area contributed by atoms with Crippen LogP contribution in [0.5, 0.6) is 0 Å². The molecule has 2 heterocycles. The molecule has 0 radical (unpaired) electrons. The molecule has 0 atom stereocenters. The van der Waals surface area contributed by atoms with Gasteiger partial charge in [-0.3, -0.25) is 10.00 Å². The van der Waals surface area contributed by atoms with E-state index in [2.05, 4.69) is 27.2 Å². The van der Waals surface area contributed by atoms with Gasteiger partial charge in [0.25, 0.3) is 0 Å². The van der Waals surface area contributed by atoms with Gasteiger partial charge < -0.3 is 9.64 Å². The number of benzene rings is 2. The third-order valence-corrected chi connectivity index (χ3v) is 5.22. The number of halogens is 1. The largest absolute Gasteiger partial charge is 0.444 e. The summed E-state index contributed by atoms with van der Waals surface area (Å²) in [6.07, 6.45) is 1.39. The molecule has 7 heteroatoms. The highest BCUT2D eigenvalue weighted by molar-refractivity contribution is 5.84. The lowest BCUT2D eigenvalue weighted by Crippen LogP contribution is -2.49. The fourth-order valence-corrected chi connectivity index (χ4v) is 3.66. The SMILES string of the molecule is CC(C)(C)OC(=O)N1CCN(Cc2ccc(-c3cc(F)c4[nH]ncc4c3)cc2)CC1. The van der Waals surface area contributed by atoms with Gasteiger partial charge in [-0.15, -0.1) is 0 Å². The number of H-pyrrole nitrogens is 1. The van der Waals surface area contributed by atoms with Crippen LogP contribution in [0.25, 0.3) is 22.0 Å². The van der Waals surface area contributed by atoms with Crippen molar-refractivity contribution in [3.8, 4) is 11.1 Å². The van der Waals surface area contributed by atoms with E-state index in [9.17, 15) is 9.18 Å². The molecular formula is C23H27FN4O2. The first-order chi connectivity index (χ1) is 14.3. The predicted molar refractivity (Wildman–Crippen MR) is 115 cm³/mol. The molecule has 1 N–H and O–H groups in total. The van der Waals surface area contributed by atoms with Gasteiger partial charge in [0, 0.05) is 38.1 Å². The lowest BCUT2D eigenvalue weighted by atomic mass is 10.0. The first-order valence-corrected chi connectivity index (χ1v) is 10.2. The maximum atomic E-state index is 14.2. The van der Waals surface area contributed by atoms with E-state index in [0.717, 1.165) is 36.1 Å². The van der Waals surface area contributed by atoms with Crippen molar-refractivity contribution in [2.24, 2.45) is 0 Å². The number of aromatic amines is 1. The van der Waals surface area contributed by atoms with Crippen molar-refractivity contribution in [3.05, 3.63) is 54.0 Å². The van der Waals surface area contributed by atoms with E-state index >= 15 is 0 Å². The second kappa shape index (κ2) is 8.07. The van der Waals surface area contributed by atoms with Crippen LogP contribution in [0, 0.1) is 5.82 Å². The lowest BCUT2D eigenvalue weighted by molar-refractivity contribution is 0.0139. The summed E-state index contributed by atoms with van der Waals surface area (Å²) >= 11 is 0. The Morgan fingerprint density at radius 3 is 2.47 bits per heavy atom. The second-order valence-electron chi connectivity index (χ2n) is 8.73. The first-order valence-electron chi connectivity index (χ1n) is 10.2. The zero-order chi connectivity index (χ0) is 21.3. The summed E-state index contributed by atoms with van der Waals surface area (Å²) in [5.41, 5.74) is 2.95. The van der Waals surface area contributed by atoms with Gasteiger partial charge in [0.15, 0.2) is 0 Å². The average Bonchev–Trinajstić information content (AvgIpc) is 3.17. The van der Waals surface area contributed by atoms with Crippen LogP contribution in [-0.4, -0.2) is 57.9 Å². The fourth-order valence-electron chi connectivity index (χ4n) is 3.66. The number of aromatic nitrogens is 2. The van der Waals surface area contributed by atoms with Crippen LogP contribution in [0.3, 0.4) is 0 Å². The summed E-state index contributed by atoms with van der Waals surface area (Å²) in [5.74, 6) is -0.299. The van der Waals surface area contributed by atoms with E-state index in [4.69, 9.17) is 4.74 Å². The molecule has 4 rings (SSSR count). The molecule has 1 amide bonds. The van der Waals surface area contributed by atoms with Crippen LogP contribution in [0.1, 0.15) is 26.3 Å². The van der Waals surface area contributed by atoms with Crippen molar-refractivity contribution in [3.63, 3.8) is 0 Å². The molecule has 158 valence electrons. The van der Waals surface area contributed by atoms with Crippen LogP contribution in [-0.2, 0) is 11.3 Å². The van der Waals surface area contributed by atoms with E-state index < -0.39 is 5.60 Å². The van der Waals surface area contributed by atoms with Crippen molar-refractivity contribution in [1.82, 2.24) is 20.0 Å². The number of carbonyl (C=O) groups is 1. The van der Waals surface area contributed by atoms with Crippen molar-refractivity contribution in [2.75, 3.05) is 26.2 Å². The molecule has 2 aromatic carbocycles. The van der Waals surface area contributed by atoms with Crippen LogP contribution < -0.4 is 0 Å². The predicted octanol–water partition coefficient (Wildman–Crippen LogP) is 4.42. The van der Waals surface area contributed by atoms with E-state index in [-0.39, 0.29) is 11.9 Å². The molecule has 1 aliphatic heterocycles. The molecule has 1 fully saturated rings. The summed E-state index contributed by atoms with van der Waals surface area (Å²) < 4.78 is 19.7. The highest BCUT2D eigenvalue weighted by Crippen LogP contribution is 2.26. The van der Waals surface area contributed by atoms with Crippen molar-refractivity contribution >= 4 is 17.0 Å². The zero-order valence-corrected chi connectivity index (χ0v) is 17.6. The first kappa shape index (κ1) is 20.3. The number of fused-ring (bicyclic) bond motifs is 1. The molecule has 1 aliphatic rings. The standard InChI is InChI=1S/C23H27FN4O2/c1-23(2,3)30-22(29)28-10-8-27(9-11-28)15-16-4-6-17(7-5-16)18-12-19-14-25-26-21(19)20(24)13-18/h4-7,12-14H,8-11,15H2,1-3H3,(H,25,26). The lowest BCUT2D eigenvalue weighted by Gasteiger charge is -2.35. The van der Waals surface area contributed by atoms with Gasteiger partial charge >= 0.3 is 6.09 Å². The average molecular weight is 410 g/mol. The second-order valence-corrected chi connectivity index (χ2v) is 8.73. The Morgan fingerprint density at radius 2 is 1.80 bits per heavy atom. The Morgan fingerprint density at radius 1 is 1.10 bits per heavy atom. The maximum absolute atomic E-state index is 14.2. The van der Waals surface area contributed by atoms with Gasteiger partial charge in [-0.25, -0.2) is 9.18 Å². The number of hydrogen-bond acceptors (Lipinski definition) is 4. The Kier molecular flexibility index (Phi) is 5.47. The smallest absolute Gasteiger partial charge is 0.410 e. The Bertz CT molecular complexity index is 1030. The van der Waals surface area contributed by atoms with Crippen molar-refractivity contribution in [1.29, 1.82) is 0 Å². The van der Waals surface area contributed by atoms with Crippen molar-refractivity contribution < 1.29 is 13.9 Å². The van der Waals surface area contributed by atoms with E-state index in [0.29, 0.717) is 18.6 Å². The molecular weight excluding hydrogens is 383 g/mol. The molecule has 30 heavy (non-hydrogen) atoms. The van der Waals surface area contributed by atoms with Gasteiger partial charge in [0.1, 0.15) is 16.9 Å². The van der Waals surface area contributed by atoms with Crippen LogP contribution in [0.4, 0.5) is 9.18 Å². The number of amides is 1. The third kappa shape index (κ3) is 4.62. The summed E-state index contributed by atoms with van der Waals surface area (Å²) in [7, 11) is 0. The molecule has 1 saturated heterocycles. The van der Waals surface area contributed by atoms with Gasteiger partial charge in [0.05, 0.1) is 6.20 Å². The van der Waals surface area contributed by atoms with E-state index in [1.54, 1.807) is 11.1 Å². The summed E-state index contributed by atoms with van der Waals surface area (Å²) in [4.78, 5) is 16.3. The van der Waals surface area contributed by atoms with Gasteiger partial charge in [-0.1, -0.05) is 24.3 Å². The maximum Gasteiger partial charge on any atom is 0.410 e. The summed E-state index contributed by atoms with van der Waals surface area (Å²) in [5, 5.41) is 7.35. The Balaban J connectivity index is 1.36. The van der Waals surface area contributed by atoms with Crippen LogP contribution in [0.15, 0.2) is 42.6 Å². The summed E-state index contributed by atoms with van der Waals surface area (Å²) in [6, 6.07) is 11.7. The van der Waals surface area contributed by atoms with E-state index in [1.165, 1.54) is 11.6 Å². The molecule has 6 nitrogen and oxygen atoms in total. The summed E-state index contributed by atoms with van der Waals surface area (Å²) in [6.45, 7) is 9.41. The third-order valence-electron chi connectivity index (χ3n) is 5.22. The fraction of sp³-hybridized carbons (Fsp3) is 0.391. The van der Waals surface area contributed by atoms with Gasteiger partial charge in [-0.2, -0.15) is 5.10 Å². The number of piperazine rings is 1. The molecule has 0 unspecified atom stereocenters. The quantitative estimate of drug-likeness (QED) is 0.694. The molecule has 1 aromatic heterocycles. The van der Waals surface area contributed by atoms with Crippen molar-refractivity contribution in [2.45, 2.75) is 32.9 Å². The van der Waals surface area contributed by atoms with E-state index in [1.807, 2.05) is 39.0 Å². The monoisotopic (exact) mass is 410 g/mol. The minimum absolute atomic E-state index is 0.242. The normalized spacial score (nSPS) is 15.5. The Hall–Kier alpha value is -2.93. The van der Waals surface area contributed by atoms with Crippen LogP contribution in [0.2, 0.25) is 0 Å². The molecule has 0 aliphatic carbocycles. The number of nitrogens with one attached hydrogen (secondary N) is 1. The topological polar surface area (TPSA) is 61.5 Å². The minimum Gasteiger partial charge on any atom is -0.444 e. The molecule has 0 saturated carbocycles. The molecule has 0 spiro atoms. The minimum atomic E-state index is -0.471. The number of hydrogen-bond donors (Lipinski definition) is 1. The Labute approximate surface area is 175 Å².